The molecule has 0 fully saturated rings. The van der Waals surface area contributed by atoms with Crippen molar-refractivity contribution in [2.45, 2.75) is 4.90 Å². The lowest BCUT2D eigenvalue weighted by molar-refractivity contribution is -0.393. The van der Waals surface area contributed by atoms with Gasteiger partial charge < -0.3 is 11.5 Å². The van der Waals surface area contributed by atoms with E-state index in [0.29, 0.717) is 5.69 Å². The Balaban J connectivity index is 0.000000277. The van der Waals surface area contributed by atoms with Gasteiger partial charge in [0.1, 0.15) is 11.8 Å². The van der Waals surface area contributed by atoms with Crippen LogP contribution in [0.4, 0.5) is 22.7 Å². The molecule has 0 saturated carbocycles. The van der Waals surface area contributed by atoms with Gasteiger partial charge in [-0.3, -0.25) is 20.2 Å². The number of benzene rings is 2. The van der Waals surface area contributed by atoms with Crippen LogP contribution in [-0.4, -0.2) is 24.5 Å². The molecule has 142 valence electrons. The molecule has 11 nitrogen and oxygen atoms in total. The van der Waals surface area contributed by atoms with Crippen LogP contribution in [0.2, 0.25) is 5.02 Å². The monoisotopic (exact) mass is 413 g/mol. The largest absolute Gasteiger partial charge is 0.398 e. The van der Waals surface area contributed by atoms with E-state index in [1.807, 2.05) is 0 Å². The molecule has 0 saturated heterocycles. The average molecular weight is 414 g/mol. The van der Waals surface area contributed by atoms with Gasteiger partial charge in [0.25, 0.3) is 11.4 Å². The van der Waals surface area contributed by atoms with Crippen LogP contribution < -0.4 is 11.5 Å². The van der Waals surface area contributed by atoms with Crippen molar-refractivity contribution in [1.29, 1.82) is 5.26 Å². The molecule has 0 amide bonds. The molecule has 13 heteroatoms. The van der Waals surface area contributed by atoms with E-state index in [9.17, 15) is 28.6 Å². The van der Waals surface area contributed by atoms with Crippen molar-refractivity contribution in [2.75, 3.05) is 17.7 Å². The fourth-order valence-electron chi connectivity index (χ4n) is 1.71. The molecule has 2 aromatic rings. The van der Waals surface area contributed by atoms with Crippen LogP contribution >= 0.6 is 11.6 Å². The fraction of sp³-hybridized carbons (Fsp3) is 0.0714. The van der Waals surface area contributed by atoms with E-state index < -0.39 is 31.1 Å². The Hall–Kier alpha value is -3.43. The minimum atomic E-state index is -3.18. The number of nitrogen functional groups attached to an aromatic ring is 2. The predicted molar refractivity (Wildman–Crippen MR) is 97.9 cm³/mol. The van der Waals surface area contributed by atoms with Crippen molar-refractivity contribution in [1.82, 2.24) is 0 Å². The number of halogens is 1. The van der Waals surface area contributed by atoms with Gasteiger partial charge >= 0.3 is 0 Å². The van der Waals surface area contributed by atoms with Gasteiger partial charge in [-0.25, -0.2) is 8.42 Å². The second-order valence-electron chi connectivity index (χ2n) is 5.01. The highest BCUT2D eigenvalue weighted by Gasteiger charge is 2.21. The zero-order valence-electron chi connectivity index (χ0n) is 13.6. The van der Waals surface area contributed by atoms with E-state index in [0.717, 1.165) is 18.4 Å². The van der Waals surface area contributed by atoms with Gasteiger partial charge in [0.2, 0.25) is 0 Å². The fourth-order valence-corrected chi connectivity index (χ4v) is 2.60. The molecule has 2 aromatic carbocycles. The van der Waals surface area contributed by atoms with Crippen LogP contribution in [0.15, 0.2) is 35.2 Å². The Morgan fingerprint density at radius 2 is 1.70 bits per heavy atom. The number of sulfone groups is 1. The summed E-state index contributed by atoms with van der Waals surface area (Å²) in [4.78, 5) is 19.3. The zero-order valence-corrected chi connectivity index (χ0v) is 15.2. The minimum Gasteiger partial charge on any atom is -0.398 e. The van der Waals surface area contributed by atoms with Gasteiger partial charge in [0, 0.05) is 12.3 Å². The first-order valence-electron chi connectivity index (χ1n) is 6.76. The summed E-state index contributed by atoms with van der Waals surface area (Å²) in [6, 6.07) is 7.40. The van der Waals surface area contributed by atoms with Gasteiger partial charge in [-0.05, 0) is 18.2 Å². The summed E-state index contributed by atoms with van der Waals surface area (Å²) in [6.07, 6.45) is 1.12. The zero-order chi connectivity index (χ0) is 20.9. The van der Waals surface area contributed by atoms with Crippen molar-refractivity contribution in [2.24, 2.45) is 0 Å². The SMILES string of the molecule is CS(=O)(=O)c1ccc(N)c(Cl)c1.N#Cc1cc([N+](=O)[O-])cc([N+](=O)[O-])c1N. The first-order valence-corrected chi connectivity index (χ1v) is 9.03. The summed E-state index contributed by atoms with van der Waals surface area (Å²) < 4.78 is 22.0. The third-order valence-corrected chi connectivity index (χ3v) is 4.51. The topological polar surface area (TPSA) is 196 Å². The molecule has 4 N–H and O–H groups in total. The van der Waals surface area contributed by atoms with E-state index in [2.05, 4.69) is 0 Å². The van der Waals surface area contributed by atoms with Crippen LogP contribution in [0.25, 0.3) is 0 Å². The highest BCUT2D eigenvalue weighted by Crippen LogP contribution is 2.30. The van der Waals surface area contributed by atoms with Gasteiger partial charge in [0.15, 0.2) is 9.84 Å². The number of nitro benzene ring substituents is 2. The molecular formula is C14H12ClN5O6S. The molecule has 0 unspecified atom stereocenters. The number of hydrogen-bond acceptors (Lipinski definition) is 9. The van der Waals surface area contributed by atoms with Crippen molar-refractivity contribution in [3.8, 4) is 6.07 Å². The number of non-ortho nitro benzene ring substituents is 1. The van der Waals surface area contributed by atoms with E-state index in [1.165, 1.54) is 18.2 Å². The molecule has 0 aliphatic rings. The number of nitriles is 1. The normalized spacial score (nSPS) is 10.3. The molecular weight excluding hydrogens is 402 g/mol. The molecule has 0 atom stereocenters. The lowest BCUT2D eigenvalue weighted by atomic mass is 10.1. The van der Waals surface area contributed by atoms with Crippen LogP contribution in [0.5, 0.6) is 0 Å². The van der Waals surface area contributed by atoms with Crippen molar-refractivity contribution >= 4 is 44.2 Å². The van der Waals surface area contributed by atoms with Gasteiger partial charge in [-0.1, -0.05) is 11.6 Å². The summed E-state index contributed by atoms with van der Waals surface area (Å²) in [6.45, 7) is 0. The summed E-state index contributed by atoms with van der Waals surface area (Å²) in [7, 11) is -3.18. The van der Waals surface area contributed by atoms with Crippen LogP contribution in [0.3, 0.4) is 0 Å². The molecule has 0 aliphatic heterocycles. The first-order chi connectivity index (χ1) is 12.4. The number of rotatable bonds is 3. The lowest BCUT2D eigenvalue weighted by Crippen LogP contribution is -2.00. The van der Waals surface area contributed by atoms with Crippen molar-refractivity contribution in [3.63, 3.8) is 0 Å². The lowest BCUT2D eigenvalue weighted by Gasteiger charge is -2.00. The average Bonchev–Trinajstić information content (AvgIpc) is 2.56. The smallest absolute Gasteiger partial charge is 0.300 e. The second kappa shape index (κ2) is 8.30. The van der Waals surface area contributed by atoms with Crippen LogP contribution in [0, 0.1) is 31.6 Å². The third-order valence-electron chi connectivity index (χ3n) is 3.07. The van der Waals surface area contributed by atoms with Gasteiger partial charge in [-0.2, -0.15) is 5.26 Å². The first kappa shape index (κ1) is 21.6. The highest BCUT2D eigenvalue weighted by molar-refractivity contribution is 7.90. The Morgan fingerprint density at radius 3 is 2.11 bits per heavy atom. The van der Waals surface area contributed by atoms with Crippen LogP contribution in [-0.2, 0) is 9.84 Å². The number of nitrogens with zero attached hydrogens (tertiary/aromatic N) is 3. The quantitative estimate of drug-likeness (QED) is 0.430. The summed E-state index contributed by atoms with van der Waals surface area (Å²) >= 11 is 5.63. The Kier molecular flexibility index (Phi) is 6.64. The summed E-state index contributed by atoms with van der Waals surface area (Å²) in [5.74, 6) is 0. The van der Waals surface area contributed by atoms with E-state index in [4.69, 9.17) is 28.3 Å². The number of anilines is 2. The molecule has 2 rings (SSSR count). The number of hydrogen-bond donors (Lipinski definition) is 2. The molecule has 0 aromatic heterocycles. The summed E-state index contributed by atoms with van der Waals surface area (Å²) in [5.41, 5.74) is 9.24. The molecule has 0 bridgehead atoms. The Labute approximate surface area is 158 Å². The van der Waals surface area contributed by atoms with Crippen molar-refractivity contribution < 1.29 is 18.3 Å². The number of nitro groups is 2. The maximum Gasteiger partial charge on any atom is 0.300 e. The van der Waals surface area contributed by atoms with E-state index >= 15 is 0 Å². The molecule has 0 heterocycles. The molecule has 0 aliphatic carbocycles. The molecule has 0 spiro atoms. The highest BCUT2D eigenvalue weighted by atomic mass is 35.5. The Morgan fingerprint density at radius 1 is 1.11 bits per heavy atom. The minimum absolute atomic E-state index is 0.182. The van der Waals surface area contributed by atoms with Gasteiger partial charge in [-0.15, -0.1) is 0 Å². The van der Waals surface area contributed by atoms with E-state index in [1.54, 1.807) is 6.07 Å². The van der Waals surface area contributed by atoms with Crippen LogP contribution in [0.1, 0.15) is 5.56 Å². The molecule has 0 radical (unpaired) electrons. The second-order valence-corrected chi connectivity index (χ2v) is 7.43. The summed E-state index contributed by atoms with van der Waals surface area (Å²) in [5, 5.41) is 29.7. The van der Waals surface area contributed by atoms with E-state index in [-0.39, 0.29) is 21.2 Å². The number of nitrogens with two attached hydrogens (primary N) is 2. The maximum atomic E-state index is 11.0. The molecule has 27 heavy (non-hydrogen) atoms. The van der Waals surface area contributed by atoms with Crippen molar-refractivity contribution in [3.05, 3.63) is 61.1 Å². The Bertz CT molecular complexity index is 1060. The predicted octanol–water partition coefficient (Wildman–Crippen LogP) is 2.28. The third kappa shape index (κ3) is 5.53. The van der Waals surface area contributed by atoms with Gasteiger partial charge in [0.05, 0.1) is 37.1 Å². The standard InChI is InChI=1S/C7H8ClNO2S.C7H4N4O4/c1-12(10,11)5-2-3-7(9)6(8)4-5;8-3-4-1-5(10(12)13)2-6(7(4)9)11(14)15/h2-4H,9H2,1H3;1-2H,9H2. The maximum absolute atomic E-state index is 11.0.